The highest BCUT2D eigenvalue weighted by Gasteiger charge is 2.30. The maximum absolute atomic E-state index is 11.9. The number of para-hydroxylation sites is 2. The molecule has 0 aliphatic carbocycles. The first-order valence-corrected chi connectivity index (χ1v) is 9.64. The Morgan fingerprint density at radius 1 is 0.767 bits per heavy atom. The first-order valence-electron chi connectivity index (χ1n) is 9.64. The first-order chi connectivity index (χ1) is 14.6. The van der Waals surface area contributed by atoms with Crippen LogP contribution in [0.2, 0.25) is 0 Å². The van der Waals surface area contributed by atoms with E-state index in [1.165, 1.54) is 11.6 Å². The third kappa shape index (κ3) is 3.76. The quantitative estimate of drug-likeness (QED) is 0.544. The van der Waals surface area contributed by atoms with Crippen LogP contribution >= 0.6 is 0 Å². The zero-order valence-electron chi connectivity index (χ0n) is 16.2. The SMILES string of the molecule is [O-]c1ccc(C2=C(NCCCc3ccccc3)N(O)c3ccccc3N2O)cc1[O-]. The molecule has 0 saturated heterocycles. The Morgan fingerprint density at radius 2 is 1.43 bits per heavy atom. The maximum Gasteiger partial charge on any atom is 0.159 e. The Morgan fingerprint density at radius 3 is 2.13 bits per heavy atom. The zero-order chi connectivity index (χ0) is 21.1. The summed E-state index contributed by atoms with van der Waals surface area (Å²) in [6.07, 6.45) is 1.63. The summed E-state index contributed by atoms with van der Waals surface area (Å²) in [5, 5.41) is 50.2. The van der Waals surface area contributed by atoms with Gasteiger partial charge in [0.25, 0.3) is 0 Å². The van der Waals surface area contributed by atoms with Crippen molar-refractivity contribution in [3.05, 3.63) is 89.7 Å². The Labute approximate surface area is 174 Å². The van der Waals surface area contributed by atoms with Gasteiger partial charge in [0.05, 0.1) is 11.4 Å². The highest BCUT2D eigenvalue weighted by molar-refractivity contribution is 5.90. The number of anilines is 2. The molecule has 3 aromatic rings. The fourth-order valence-electron chi connectivity index (χ4n) is 3.48. The van der Waals surface area contributed by atoms with Gasteiger partial charge in [0.2, 0.25) is 0 Å². The van der Waals surface area contributed by atoms with Gasteiger partial charge in [-0.3, -0.25) is 10.4 Å². The minimum absolute atomic E-state index is 0.188. The van der Waals surface area contributed by atoms with Crippen LogP contribution in [0.15, 0.2) is 78.6 Å². The van der Waals surface area contributed by atoms with Crippen molar-refractivity contribution in [2.45, 2.75) is 12.8 Å². The van der Waals surface area contributed by atoms with Crippen LogP contribution in [0.1, 0.15) is 17.5 Å². The number of hydrogen-bond acceptors (Lipinski definition) is 7. The second-order valence-corrected chi connectivity index (χ2v) is 6.99. The van der Waals surface area contributed by atoms with Gasteiger partial charge in [0.1, 0.15) is 5.70 Å². The largest absolute Gasteiger partial charge is 0.873 e. The van der Waals surface area contributed by atoms with E-state index in [-0.39, 0.29) is 11.5 Å². The van der Waals surface area contributed by atoms with Crippen molar-refractivity contribution in [2.24, 2.45) is 0 Å². The molecule has 0 bridgehead atoms. The average Bonchev–Trinajstić information content (AvgIpc) is 2.77. The van der Waals surface area contributed by atoms with Crippen molar-refractivity contribution in [1.29, 1.82) is 0 Å². The molecule has 154 valence electrons. The smallest absolute Gasteiger partial charge is 0.159 e. The van der Waals surface area contributed by atoms with Gasteiger partial charge in [0.15, 0.2) is 5.82 Å². The molecule has 7 nitrogen and oxygen atoms in total. The van der Waals surface area contributed by atoms with E-state index in [1.54, 1.807) is 24.3 Å². The maximum atomic E-state index is 11.9. The van der Waals surface area contributed by atoms with Gasteiger partial charge in [0, 0.05) is 12.1 Å². The molecule has 0 aromatic heterocycles. The van der Waals surface area contributed by atoms with Gasteiger partial charge in [-0.25, -0.2) is 10.1 Å². The molecule has 0 unspecified atom stereocenters. The second kappa shape index (κ2) is 8.36. The van der Waals surface area contributed by atoms with E-state index in [9.17, 15) is 20.6 Å². The minimum atomic E-state index is -0.680. The van der Waals surface area contributed by atoms with Crippen molar-refractivity contribution in [2.75, 3.05) is 16.7 Å². The van der Waals surface area contributed by atoms with Crippen LogP contribution in [0, 0.1) is 0 Å². The molecule has 3 N–H and O–H groups in total. The summed E-state index contributed by atoms with van der Waals surface area (Å²) in [5.41, 5.74) is 2.45. The van der Waals surface area contributed by atoms with Crippen molar-refractivity contribution in [1.82, 2.24) is 5.32 Å². The number of aryl methyl sites for hydroxylation is 1. The third-order valence-corrected chi connectivity index (χ3v) is 4.98. The van der Waals surface area contributed by atoms with Crippen LogP contribution < -0.4 is 25.7 Å². The van der Waals surface area contributed by atoms with Gasteiger partial charge >= 0.3 is 0 Å². The fourth-order valence-corrected chi connectivity index (χ4v) is 3.48. The predicted octanol–water partition coefficient (Wildman–Crippen LogP) is 2.79. The van der Waals surface area contributed by atoms with Crippen molar-refractivity contribution in [3.63, 3.8) is 0 Å². The molecule has 7 heteroatoms. The van der Waals surface area contributed by atoms with Gasteiger partial charge in [-0.05, 0) is 30.5 Å². The Balaban J connectivity index is 1.64. The van der Waals surface area contributed by atoms with Gasteiger partial charge < -0.3 is 15.5 Å². The van der Waals surface area contributed by atoms with Gasteiger partial charge in [-0.15, -0.1) is 11.5 Å². The lowest BCUT2D eigenvalue weighted by Crippen LogP contribution is -2.39. The van der Waals surface area contributed by atoms with Crippen LogP contribution in [0.4, 0.5) is 11.4 Å². The van der Waals surface area contributed by atoms with Crippen molar-refractivity contribution in [3.8, 4) is 11.5 Å². The van der Waals surface area contributed by atoms with Crippen molar-refractivity contribution >= 4 is 17.1 Å². The highest BCUT2D eigenvalue weighted by Crippen LogP contribution is 2.41. The van der Waals surface area contributed by atoms with E-state index in [4.69, 9.17) is 0 Å². The Kier molecular flexibility index (Phi) is 5.47. The lowest BCUT2D eigenvalue weighted by molar-refractivity contribution is -0.317. The molecule has 3 aromatic carbocycles. The minimum Gasteiger partial charge on any atom is -0.873 e. The van der Waals surface area contributed by atoms with Crippen LogP contribution in [0.25, 0.3) is 5.70 Å². The second-order valence-electron chi connectivity index (χ2n) is 6.99. The molecular formula is C23H21N3O4-2. The molecule has 1 heterocycles. The molecule has 0 saturated carbocycles. The summed E-state index contributed by atoms with van der Waals surface area (Å²) in [5.74, 6) is -1.08. The zero-order valence-corrected chi connectivity index (χ0v) is 16.2. The third-order valence-electron chi connectivity index (χ3n) is 4.98. The normalized spacial score (nSPS) is 13.4. The lowest BCUT2D eigenvalue weighted by atomic mass is 10.1. The van der Waals surface area contributed by atoms with E-state index in [0.29, 0.717) is 23.5 Å². The van der Waals surface area contributed by atoms with Crippen LogP contribution in [-0.4, -0.2) is 17.0 Å². The number of hydrogen-bond donors (Lipinski definition) is 3. The standard InChI is InChI=1S/C23H23N3O4/c27-20-13-12-17(15-21(20)28)22-23(24-14-6-9-16-7-2-1-3-8-16)26(30)19-11-5-4-10-18(19)25(22)29/h1-5,7-8,10-13,15,24,27-30H,6,9,14H2/p-2. The number of benzene rings is 3. The molecule has 1 aliphatic heterocycles. The Bertz CT molecular complexity index is 1070. The number of nitrogens with zero attached hydrogens (tertiary/aromatic N) is 2. The number of hydroxylamine groups is 2. The van der Waals surface area contributed by atoms with E-state index in [0.717, 1.165) is 35.1 Å². The summed E-state index contributed by atoms with van der Waals surface area (Å²) in [7, 11) is 0. The van der Waals surface area contributed by atoms with Crippen LogP contribution in [-0.2, 0) is 6.42 Å². The topological polar surface area (TPSA) is 105 Å². The number of nitrogens with one attached hydrogen (secondary N) is 1. The summed E-state index contributed by atoms with van der Waals surface area (Å²) in [6.45, 7) is 0.519. The monoisotopic (exact) mass is 403 g/mol. The van der Waals surface area contributed by atoms with Crippen LogP contribution in [0.5, 0.6) is 11.5 Å². The molecule has 0 fully saturated rings. The van der Waals surface area contributed by atoms with Gasteiger partial charge in [-0.1, -0.05) is 60.7 Å². The fraction of sp³-hybridized carbons (Fsp3) is 0.130. The summed E-state index contributed by atoms with van der Waals surface area (Å²) < 4.78 is 0. The molecule has 1 aliphatic rings. The van der Waals surface area contributed by atoms with Gasteiger partial charge in [-0.2, -0.15) is 0 Å². The molecule has 0 spiro atoms. The molecule has 30 heavy (non-hydrogen) atoms. The van der Waals surface area contributed by atoms with E-state index in [2.05, 4.69) is 17.4 Å². The summed E-state index contributed by atoms with van der Waals surface area (Å²) in [6, 6.07) is 20.6. The number of rotatable bonds is 6. The average molecular weight is 403 g/mol. The molecular weight excluding hydrogens is 382 g/mol. The molecule has 0 radical (unpaired) electrons. The number of fused-ring (bicyclic) bond motifs is 1. The van der Waals surface area contributed by atoms with Crippen LogP contribution in [0.3, 0.4) is 0 Å². The lowest BCUT2D eigenvalue weighted by Gasteiger charge is -2.36. The van der Waals surface area contributed by atoms with Crippen molar-refractivity contribution < 1.29 is 20.6 Å². The predicted molar refractivity (Wildman–Crippen MR) is 110 cm³/mol. The first kappa shape index (κ1) is 19.6. The van der Waals surface area contributed by atoms with E-state index >= 15 is 0 Å². The summed E-state index contributed by atoms with van der Waals surface area (Å²) in [4.78, 5) is 0. The summed E-state index contributed by atoms with van der Waals surface area (Å²) >= 11 is 0. The van der Waals surface area contributed by atoms with E-state index < -0.39 is 11.5 Å². The molecule has 4 rings (SSSR count). The highest BCUT2D eigenvalue weighted by atomic mass is 16.5. The van der Waals surface area contributed by atoms with E-state index in [1.807, 2.05) is 18.2 Å². The molecule has 0 amide bonds. The Hall–Kier alpha value is -3.68. The molecule has 0 atom stereocenters.